The number of anilines is 1. The van der Waals surface area contributed by atoms with E-state index in [0.29, 0.717) is 35.1 Å². The van der Waals surface area contributed by atoms with Gasteiger partial charge >= 0.3 is 5.97 Å². The van der Waals surface area contributed by atoms with E-state index in [0.717, 1.165) is 6.42 Å². The van der Waals surface area contributed by atoms with Gasteiger partial charge in [0.15, 0.2) is 12.4 Å². The van der Waals surface area contributed by atoms with E-state index in [4.69, 9.17) is 20.9 Å². The summed E-state index contributed by atoms with van der Waals surface area (Å²) < 4.78 is 10.0. The van der Waals surface area contributed by atoms with Crippen molar-refractivity contribution in [2.75, 3.05) is 11.4 Å². The van der Waals surface area contributed by atoms with E-state index in [1.54, 1.807) is 30.0 Å². The predicted molar refractivity (Wildman–Crippen MR) is 81.2 cm³/mol. The minimum atomic E-state index is -0.551. The molecule has 3 rings (SSSR count). The molecule has 1 amide bonds. The molecule has 1 saturated heterocycles. The third kappa shape index (κ3) is 3.34. The molecule has 0 atom stereocenters. The van der Waals surface area contributed by atoms with Gasteiger partial charge in [-0.25, -0.2) is 4.79 Å². The second-order valence-electron chi connectivity index (χ2n) is 5.13. The van der Waals surface area contributed by atoms with Crippen molar-refractivity contribution in [2.45, 2.75) is 26.4 Å². The Balaban J connectivity index is 1.74. The monoisotopic (exact) mass is 335 g/mol. The van der Waals surface area contributed by atoms with Crippen LogP contribution in [0.1, 0.15) is 34.9 Å². The first-order valence-corrected chi connectivity index (χ1v) is 7.48. The average molecular weight is 336 g/mol. The Morgan fingerprint density at radius 3 is 2.96 bits per heavy atom. The standard InChI is InChI=1S/C15H14ClN3O4/c1-9-17-13(23-18-9)8-22-15(21)10-4-5-11(16)12(7-10)19-6-2-3-14(19)20/h4-5,7H,2-3,6,8H2,1H3. The molecule has 0 aliphatic carbocycles. The molecule has 0 radical (unpaired) electrons. The number of nitrogens with zero attached hydrogens (tertiary/aromatic N) is 3. The molecule has 1 aromatic carbocycles. The van der Waals surface area contributed by atoms with Crippen LogP contribution in [-0.2, 0) is 16.1 Å². The van der Waals surface area contributed by atoms with Crippen LogP contribution in [0.3, 0.4) is 0 Å². The minimum Gasteiger partial charge on any atom is -0.452 e. The van der Waals surface area contributed by atoms with E-state index in [1.807, 2.05) is 0 Å². The summed E-state index contributed by atoms with van der Waals surface area (Å²) in [5.41, 5.74) is 0.831. The van der Waals surface area contributed by atoms with E-state index < -0.39 is 5.97 Å². The third-order valence-corrected chi connectivity index (χ3v) is 3.76. The predicted octanol–water partition coefficient (Wildman–Crippen LogP) is 2.52. The van der Waals surface area contributed by atoms with Crippen molar-refractivity contribution in [3.8, 4) is 0 Å². The summed E-state index contributed by atoms with van der Waals surface area (Å²) >= 11 is 6.14. The molecule has 2 heterocycles. The van der Waals surface area contributed by atoms with Gasteiger partial charge in [0.25, 0.3) is 5.89 Å². The van der Waals surface area contributed by atoms with Crippen molar-refractivity contribution in [3.63, 3.8) is 0 Å². The average Bonchev–Trinajstić information content (AvgIpc) is 3.14. The second-order valence-corrected chi connectivity index (χ2v) is 5.53. The van der Waals surface area contributed by atoms with Crippen LogP contribution in [0, 0.1) is 6.92 Å². The number of esters is 1. The first-order chi connectivity index (χ1) is 11.0. The van der Waals surface area contributed by atoms with Crippen molar-refractivity contribution < 1.29 is 18.8 Å². The number of amides is 1. The van der Waals surface area contributed by atoms with Gasteiger partial charge in [-0.05, 0) is 31.5 Å². The SMILES string of the molecule is Cc1noc(COC(=O)c2ccc(Cl)c(N3CCCC3=O)c2)n1. The van der Waals surface area contributed by atoms with Gasteiger partial charge in [0.05, 0.1) is 16.3 Å². The highest BCUT2D eigenvalue weighted by Gasteiger charge is 2.24. The second kappa shape index (κ2) is 6.37. The molecule has 2 aromatic rings. The van der Waals surface area contributed by atoms with Gasteiger partial charge in [-0.3, -0.25) is 4.79 Å². The number of carbonyl (C=O) groups excluding carboxylic acids is 2. The summed E-state index contributed by atoms with van der Waals surface area (Å²) in [4.78, 5) is 29.5. The zero-order valence-corrected chi connectivity index (χ0v) is 13.2. The maximum absolute atomic E-state index is 12.1. The largest absolute Gasteiger partial charge is 0.452 e. The summed E-state index contributed by atoms with van der Waals surface area (Å²) in [6.07, 6.45) is 1.27. The quantitative estimate of drug-likeness (QED) is 0.798. The molecule has 0 bridgehead atoms. The van der Waals surface area contributed by atoms with E-state index in [1.165, 1.54) is 0 Å². The number of hydrogen-bond donors (Lipinski definition) is 0. The fourth-order valence-electron chi connectivity index (χ4n) is 2.36. The number of aromatic nitrogens is 2. The zero-order chi connectivity index (χ0) is 16.4. The summed E-state index contributed by atoms with van der Waals surface area (Å²) in [5, 5.41) is 4.04. The molecule has 0 unspecified atom stereocenters. The van der Waals surface area contributed by atoms with Crippen LogP contribution in [0.2, 0.25) is 5.02 Å². The molecule has 1 aromatic heterocycles. The zero-order valence-electron chi connectivity index (χ0n) is 12.4. The molecule has 0 spiro atoms. The molecule has 23 heavy (non-hydrogen) atoms. The van der Waals surface area contributed by atoms with Gasteiger partial charge in [0, 0.05) is 13.0 Å². The van der Waals surface area contributed by atoms with E-state index >= 15 is 0 Å². The Labute approximate surface area is 137 Å². The van der Waals surface area contributed by atoms with Gasteiger partial charge in [0.2, 0.25) is 5.91 Å². The number of halogens is 1. The van der Waals surface area contributed by atoms with E-state index in [9.17, 15) is 9.59 Å². The Kier molecular flexibility index (Phi) is 4.29. The highest BCUT2D eigenvalue weighted by Crippen LogP contribution is 2.30. The van der Waals surface area contributed by atoms with Crippen LogP contribution in [0.5, 0.6) is 0 Å². The molecule has 0 N–H and O–H groups in total. The number of hydrogen-bond acceptors (Lipinski definition) is 6. The van der Waals surface area contributed by atoms with Crippen LogP contribution in [0.25, 0.3) is 0 Å². The highest BCUT2D eigenvalue weighted by atomic mass is 35.5. The smallest absolute Gasteiger partial charge is 0.338 e. The normalized spacial score (nSPS) is 14.3. The van der Waals surface area contributed by atoms with Gasteiger partial charge in [-0.1, -0.05) is 16.8 Å². The van der Waals surface area contributed by atoms with E-state index in [2.05, 4.69) is 10.1 Å². The lowest BCUT2D eigenvalue weighted by Crippen LogP contribution is -2.24. The van der Waals surface area contributed by atoms with Crippen LogP contribution in [0.4, 0.5) is 5.69 Å². The van der Waals surface area contributed by atoms with Crippen LogP contribution < -0.4 is 4.90 Å². The maximum Gasteiger partial charge on any atom is 0.338 e. The molecule has 120 valence electrons. The highest BCUT2D eigenvalue weighted by molar-refractivity contribution is 6.34. The van der Waals surface area contributed by atoms with Crippen molar-refractivity contribution >= 4 is 29.2 Å². The Bertz CT molecular complexity index is 759. The maximum atomic E-state index is 12.1. The third-order valence-electron chi connectivity index (χ3n) is 3.44. The fraction of sp³-hybridized carbons (Fsp3) is 0.333. The molecule has 7 nitrogen and oxygen atoms in total. The van der Waals surface area contributed by atoms with Gasteiger partial charge in [0.1, 0.15) is 0 Å². The number of aryl methyl sites for hydroxylation is 1. The van der Waals surface area contributed by atoms with Crippen molar-refractivity contribution in [1.82, 2.24) is 10.1 Å². The first kappa shape index (κ1) is 15.5. The summed E-state index contributed by atoms with van der Waals surface area (Å²) in [5.74, 6) is 0.140. The molecule has 1 aliphatic rings. The van der Waals surface area contributed by atoms with Crippen LogP contribution in [0.15, 0.2) is 22.7 Å². The van der Waals surface area contributed by atoms with Crippen molar-refractivity contribution in [2.24, 2.45) is 0 Å². The number of rotatable bonds is 4. The Morgan fingerprint density at radius 2 is 2.30 bits per heavy atom. The number of carbonyl (C=O) groups is 2. The number of benzene rings is 1. The molecular formula is C15H14ClN3O4. The molecular weight excluding hydrogens is 322 g/mol. The van der Waals surface area contributed by atoms with Crippen LogP contribution >= 0.6 is 11.6 Å². The summed E-state index contributed by atoms with van der Waals surface area (Å²) in [6.45, 7) is 2.16. The van der Waals surface area contributed by atoms with Crippen molar-refractivity contribution in [3.05, 3.63) is 40.5 Å². The van der Waals surface area contributed by atoms with E-state index in [-0.39, 0.29) is 18.4 Å². The summed E-state index contributed by atoms with van der Waals surface area (Å²) in [7, 11) is 0. The molecule has 8 heteroatoms. The van der Waals surface area contributed by atoms with Crippen molar-refractivity contribution in [1.29, 1.82) is 0 Å². The molecule has 1 fully saturated rings. The molecule has 0 saturated carbocycles. The van der Waals surface area contributed by atoms with Gasteiger partial charge < -0.3 is 14.2 Å². The van der Waals surface area contributed by atoms with Gasteiger partial charge in [-0.15, -0.1) is 0 Å². The lowest BCUT2D eigenvalue weighted by Gasteiger charge is -2.18. The van der Waals surface area contributed by atoms with Gasteiger partial charge in [-0.2, -0.15) is 4.98 Å². The number of ether oxygens (including phenoxy) is 1. The Hall–Kier alpha value is -2.41. The fourth-order valence-corrected chi connectivity index (χ4v) is 2.58. The minimum absolute atomic E-state index is 0.00116. The topological polar surface area (TPSA) is 85.5 Å². The van der Waals surface area contributed by atoms with Crippen LogP contribution in [-0.4, -0.2) is 28.6 Å². The molecule has 1 aliphatic heterocycles. The lowest BCUT2D eigenvalue weighted by atomic mass is 10.2. The lowest BCUT2D eigenvalue weighted by molar-refractivity contribution is -0.117. The first-order valence-electron chi connectivity index (χ1n) is 7.11. The Morgan fingerprint density at radius 1 is 1.48 bits per heavy atom. The summed E-state index contributed by atoms with van der Waals surface area (Å²) in [6, 6.07) is 4.69.